The first-order valence-corrected chi connectivity index (χ1v) is 5.91. The normalized spacial score (nSPS) is 10.1. The highest BCUT2D eigenvalue weighted by Gasteiger charge is 2.05. The van der Waals surface area contributed by atoms with Crippen LogP contribution in [0.3, 0.4) is 0 Å². The fourth-order valence-electron chi connectivity index (χ4n) is 1.61. The summed E-state index contributed by atoms with van der Waals surface area (Å²) in [6.07, 6.45) is 0.808. The third-order valence-corrected chi connectivity index (χ3v) is 2.62. The Labute approximate surface area is 110 Å². The number of carbonyl (C=O) groups excluding carboxylic acids is 1. The van der Waals surface area contributed by atoms with Crippen molar-refractivity contribution in [2.45, 2.75) is 12.8 Å². The molecule has 2 N–H and O–H groups in total. The van der Waals surface area contributed by atoms with Gasteiger partial charge in [-0.05, 0) is 48.4 Å². The molecule has 4 nitrogen and oxygen atoms in total. The molecule has 0 radical (unpaired) electrons. The number of rotatable bonds is 4. The number of aromatic hydroxyl groups is 2. The third kappa shape index (κ3) is 4.03. The molecule has 0 saturated carbocycles. The van der Waals surface area contributed by atoms with Crippen LogP contribution in [0.25, 0.3) is 0 Å². The molecular weight excluding hydrogens is 244 g/mol. The van der Waals surface area contributed by atoms with Gasteiger partial charge in [0.25, 0.3) is 0 Å². The molecule has 2 aromatic carbocycles. The smallest absolute Gasteiger partial charge is 0.311 e. The maximum absolute atomic E-state index is 11.6. The fourth-order valence-corrected chi connectivity index (χ4v) is 1.61. The molecule has 0 atom stereocenters. The van der Waals surface area contributed by atoms with E-state index in [1.807, 2.05) is 0 Å². The summed E-state index contributed by atoms with van der Waals surface area (Å²) in [6, 6.07) is 12.7. The summed E-state index contributed by atoms with van der Waals surface area (Å²) in [4.78, 5) is 11.6. The van der Waals surface area contributed by atoms with Gasteiger partial charge in [-0.1, -0.05) is 12.1 Å². The van der Waals surface area contributed by atoms with Gasteiger partial charge in [0.1, 0.15) is 17.2 Å². The molecule has 0 amide bonds. The van der Waals surface area contributed by atoms with E-state index >= 15 is 0 Å². The SMILES string of the molecule is O=C(CCc1ccc(O)cc1)Oc1ccc(O)cc1. The average Bonchev–Trinajstić information content (AvgIpc) is 2.41. The first-order valence-electron chi connectivity index (χ1n) is 5.91. The lowest BCUT2D eigenvalue weighted by Gasteiger charge is -2.04. The Kier molecular flexibility index (Phi) is 4.03. The zero-order valence-electron chi connectivity index (χ0n) is 10.2. The second kappa shape index (κ2) is 5.91. The molecule has 2 rings (SSSR count). The minimum Gasteiger partial charge on any atom is -0.508 e. The van der Waals surface area contributed by atoms with Crippen LogP contribution in [0.1, 0.15) is 12.0 Å². The lowest BCUT2D eigenvalue weighted by molar-refractivity contribution is -0.134. The quantitative estimate of drug-likeness (QED) is 0.653. The second-order valence-electron chi connectivity index (χ2n) is 4.13. The zero-order chi connectivity index (χ0) is 13.7. The molecule has 0 saturated heterocycles. The van der Waals surface area contributed by atoms with E-state index in [0.717, 1.165) is 5.56 Å². The summed E-state index contributed by atoms with van der Waals surface area (Å²) in [5.74, 6) is 0.409. The van der Waals surface area contributed by atoms with Gasteiger partial charge in [-0.15, -0.1) is 0 Å². The molecular formula is C15H14O4. The topological polar surface area (TPSA) is 66.8 Å². The standard InChI is InChI=1S/C15H14O4/c16-12-4-1-11(2-5-12)3-10-15(18)19-14-8-6-13(17)7-9-14/h1-2,4-9,16-17H,3,10H2. The highest BCUT2D eigenvalue weighted by atomic mass is 16.5. The van der Waals surface area contributed by atoms with Crippen LogP contribution in [0.5, 0.6) is 17.2 Å². The molecule has 98 valence electrons. The van der Waals surface area contributed by atoms with E-state index < -0.39 is 0 Å². The zero-order valence-corrected chi connectivity index (χ0v) is 10.2. The van der Waals surface area contributed by atoms with Gasteiger partial charge in [-0.3, -0.25) is 4.79 Å². The maximum atomic E-state index is 11.6. The minimum atomic E-state index is -0.334. The number of esters is 1. The molecule has 0 aliphatic heterocycles. The minimum absolute atomic E-state index is 0.129. The van der Waals surface area contributed by atoms with E-state index in [9.17, 15) is 4.79 Å². The predicted molar refractivity (Wildman–Crippen MR) is 70.2 cm³/mol. The third-order valence-electron chi connectivity index (χ3n) is 2.62. The van der Waals surface area contributed by atoms with Gasteiger partial charge in [-0.25, -0.2) is 0 Å². The van der Waals surface area contributed by atoms with Crippen LogP contribution >= 0.6 is 0 Å². The van der Waals surface area contributed by atoms with Crippen molar-refractivity contribution in [3.8, 4) is 17.2 Å². The number of hydrogen-bond acceptors (Lipinski definition) is 4. The van der Waals surface area contributed by atoms with Gasteiger partial charge < -0.3 is 14.9 Å². The number of ether oxygens (including phenoxy) is 1. The van der Waals surface area contributed by atoms with Gasteiger partial charge >= 0.3 is 5.97 Å². The number of benzene rings is 2. The molecule has 0 aliphatic carbocycles. The Balaban J connectivity index is 1.84. The van der Waals surface area contributed by atoms with E-state index in [2.05, 4.69) is 0 Å². The van der Waals surface area contributed by atoms with Crippen LogP contribution in [0, 0.1) is 0 Å². The summed E-state index contributed by atoms with van der Waals surface area (Å²) in [5.41, 5.74) is 0.959. The van der Waals surface area contributed by atoms with Gasteiger partial charge in [0.15, 0.2) is 0 Å². The largest absolute Gasteiger partial charge is 0.508 e. The lowest BCUT2D eigenvalue weighted by Crippen LogP contribution is -2.08. The van der Waals surface area contributed by atoms with Crippen molar-refractivity contribution in [1.29, 1.82) is 0 Å². The number of carbonyl (C=O) groups is 1. The summed E-state index contributed by atoms with van der Waals surface area (Å²) in [7, 11) is 0. The molecule has 0 aromatic heterocycles. The Bertz CT molecular complexity index is 543. The van der Waals surface area contributed by atoms with Crippen LogP contribution in [0.4, 0.5) is 0 Å². The summed E-state index contributed by atoms with van der Waals surface area (Å²) in [5, 5.41) is 18.2. The highest BCUT2D eigenvalue weighted by molar-refractivity contribution is 5.72. The van der Waals surface area contributed by atoms with Gasteiger partial charge in [0, 0.05) is 6.42 Å². The van der Waals surface area contributed by atoms with Gasteiger partial charge in [0.05, 0.1) is 0 Å². The molecule has 0 aliphatic rings. The molecule has 2 aromatic rings. The van der Waals surface area contributed by atoms with E-state index in [1.165, 1.54) is 24.3 Å². The number of aryl methyl sites for hydroxylation is 1. The van der Waals surface area contributed by atoms with Crippen molar-refractivity contribution in [3.63, 3.8) is 0 Å². The van der Waals surface area contributed by atoms with Crippen LogP contribution in [0.15, 0.2) is 48.5 Å². The summed E-state index contributed by atoms with van der Waals surface area (Å²) < 4.78 is 5.12. The molecule has 4 heteroatoms. The van der Waals surface area contributed by atoms with Crippen LogP contribution in [-0.4, -0.2) is 16.2 Å². The van der Waals surface area contributed by atoms with E-state index in [-0.39, 0.29) is 23.9 Å². The second-order valence-corrected chi connectivity index (χ2v) is 4.13. The molecule has 0 fully saturated rings. The van der Waals surface area contributed by atoms with E-state index in [4.69, 9.17) is 14.9 Å². The Morgan fingerprint density at radius 1 is 0.895 bits per heavy atom. The Morgan fingerprint density at radius 2 is 1.42 bits per heavy atom. The van der Waals surface area contributed by atoms with E-state index in [0.29, 0.717) is 12.2 Å². The molecule has 0 heterocycles. The van der Waals surface area contributed by atoms with Crippen LogP contribution in [0.2, 0.25) is 0 Å². The molecule has 19 heavy (non-hydrogen) atoms. The van der Waals surface area contributed by atoms with Crippen molar-refractivity contribution in [2.24, 2.45) is 0 Å². The lowest BCUT2D eigenvalue weighted by atomic mass is 10.1. The van der Waals surface area contributed by atoms with Crippen LogP contribution < -0.4 is 4.74 Å². The first kappa shape index (κ1) is 13.0. The summed E-state index contributed by atoms with van der Waals surface area (Å²) in [6.45, 7) is 0. The van der Waals surface area contributed by atoms with Crippen LogP contribution in [-0.2, 0) is 11.2 Å². The van der Waals surface area contributed by atoms with Gasteiger partial charge in [0.2, 0.25) is 0 Å². The van der Waals surface area contributed by atoms with Crippen molar-refractivity contribution in [3.05, 3.63) is 54.1 Å². The molecule has 0 unspecified atom stereocenters. The van der Waals surface area contributed by atoms with Crippen molar-refractivity contribution in [1.82, 2.24) is 0 Å². The van der Waals surface area contributed by atoms with Crippen molar-refractivity contribution < 1.29 is 19.7 Å². The fraction of sp³-hybridized carbons (Fsp3) is 0.133. The number of phenols is 2. The molecule has 0 bridgehead atoms. The van der Waals surface area contributed by atoms with Crippen molar-refractivity contribution in [2.75, 3.05) is 0 Å². The van der Waals surface area contributed by atoms with Crippen molar-refractivity contribution >= 4 is 5.97 Å². The Hall–Kier alpha value is -2.49. The molecule has 0 spiro atoms. The Morgan fingerprint density at radius 3 is 2.00 bits per heavy atom. The number of phenolic OH excluding ortho intramolecular Hbond substituents is 2. The average molecular weight is 258 g/mol. The number of hydrogen-bond donors (Lipinski definition) is 2. The highest BCUT2D eigenvalue weighted by Crippen LogP contribution is 2.17. The first-order chi connectivity index (χ1) is 9.13. The van der Waals surface area contributed by atoms with E-state index in [1.54, 1.807) is 24.3 Å². The van der Waals surface area contributed by atoms with Gasteiger partial charge in [-0.2, -0.15) is 0 Å². The maximum Gasteiger partial charge on any atom is 0.311 e. The predicted octanol–water partition coefficient (Wildman–Crippen LogP) is 2.64. The summed E-state index contributed by atoms with van der Waals surface area (Å²) >= 11 is 0. The monoisotopic (exact) mass is 258 g/mol.